The molecule has 2 aromatic carbocycles. The van der Waals surface area contributed by atoms with Crippen LogP contribution in [0.1, 0.15) is 59.6 Å². The van der Waals surface area contributed by atoms with E-state index < -0.39 is 11.7 Å². The second-order valence-corrected chi connectivity index (χ2v) is 9.01. The molecule has 0 amide bonds. The molecule has 1 unspecified atom stereocenters. The van der Waals surface area contributed by atoms with Crippen LogP contribution in [0.25, 0.3) is 0 Å². The van der Waals surface area contributed by atoms with Gasteiger partial charge in [0.25, 0.3) is 0 Å². The first-order valence-electron chi connectivity index (χ1n) is 11.4. The van der Waals surface area contributed by atoms with E-state index >= 15 is 0 Å². The number of aliphatic hydroxyl groups is 3. The first-order valence-corrected chi connectivity index (χ1v) is 11.4. The lowest BCUT2D eigenvalue weighted by molar-refractivity contribution is -0.113. The van der Waals surface area contributed by atoms with E-state index in [0.29, 0.717) is 38.9 Å². The summed E-state index contributed by atoms with van der Waals surface area (Å²) in [6, 6.07) is 14.4. The average Bonchev–Trinajstić information content (AvgIpc) is 2.80. The maximum Gasteiger partial charge on any atom is 0.130 e. The predicted octanol–water partition coefficient (Wildman–Crippen LogP) is 3.05. The highest BCUT2D eigenvalue weighted by Gasteiger charge is 2.29. The van der Waals surface area contributed by atoms with E-state index in [2.05, 4.69) is 49.1 Å². The highest BCUT2D eigenvalue weighted by Crippen LogP contribution is 2.32. The highest BCUT2D eigenvalue weighted by atomic mass is 16.5. The minimum Gasteiger partial charge on any atom is -0.394 e. The van der Waals surface area contributed by atoms with Gasteiger partial charge in [-0.25, -0.2) is 0 Å². The first-order chi connectivity index (χ1) is 15.4. The topological polar surface area (TPSA) is 79.2 Å². The van der Waals surface area contributed by atoms with Gasteiger partial charge in [-0.1, -0.05) is 42.2 Å². The molecule has 2 aliphatic rings. The van der Waals surface area contributed by atoms with Gasteiger partial charge in [0.2, 0.25) is 0 Å². The molecule has 0 aromatic heterocycles. The molecule has 2 aromatic rings. The van der Waals surface area contributed by atoms with Gasteiger partial charge in [-0.15, -0.1) is 0 Å². The molecule has 2 saturated heterocycles. The lowest BCUT2D eigenvalue weighted by Gasteiger charge is -2.32. The molecule has 3 atom stereocenters. The third-order valence-corrected chi connectivity index (χ3v) is 6.43. The zero-order valence-electron chi connectivity index (χ0n) is 18.6. The fraction of sp³-hybridized carbons (Fsp3) is 0.481. The maximum atomic E-state index is 10.5. The Hall–Kier alpha value is -2.20. The summed E-state index contributed by atoms with van der Waals surface area (Å²) in [6.07, 6.45) is 1.93. The Balaban J connectivity index is 1.45. The van der Waals surface area contributed by atoms with E-state index in [0.717, 1.165) is 17.5 Å². The SMILES string of the molecule is Cc1ccc([C@H]2CC(O)C[C@@H](CO)O2)cc1Cc1ccc(C#CC2(O)CCOCC2)cc1. The van der Waals surface area contributed by atoms with Gasteiger partial charge in [0, 0.05) is 31.2 Å². The summed E-state index contributed by atoms with van der Waals surface area (Å²) in [5, 5.41) is 30.1. The van der Waals surface area contributed by atoms with Crippen molar-refractivity contribution < 1.29 is 24.8 Å². The van der Waals surface area contributed by atoms with Crippen LogP contribution in [0.5, 0.6) is 0 Å². The van der Waals surface area contributed by atoms with Crippen molar-refractivity contribution in [2.75, 3.05) is 19.8 Å². The van der Waals surface area contributed by atoms with E-state index in [9.17, 15) is 15.3 Å². The van der Waals surface area contributed by atoms with Crippen LogP contribution in [0.15, 0.2) is 42.5 Å². The zero-order chi connectivity index (χ0) is 22.6. The molecule has 2 heterocycles. The molecule has 0 saturated carbocycles. The minimum absolute atomic E-state index is 0.0767. The van der Waals surface area contributed by atoms with Gasteiger partial charge in [-0.05, 0) is 47.7 Å². The Bertz CT molecular complexity index is 966. The van der Waals surface area contributed by atoms with Gasteiger partial charge in [0.05, 0.1) is 38.1 Å². The molecule has 5 heteroatoms. The van der Waals surface area contributed by atoms with E-state index in [1.807, 2.05) is 12.1 Å². The standard InChI is InChI=1S/C27H32O5/c1-19-2-7-22(26-17-24(29)16-25(18-28)32-26)15-23(19)14-21-5-3-20(4-6-21)8-9-27(30)10-12-31-13-11-27/h2-7,15,24-26,28-30H,10-14,16-18H2,1H3/t24?,25-,26+/m0/s1. The Morgan fingerprint density at radius 2 is 1.81 bits per heavy atom. The Morgan fingerprint density at radius 3 is 2.53 bits per heavy atom. The lowest BCUT2D eigenvalue weighted by atomic mass is 9.92. The number of rotatable bonds is 4. The van der Waals surface area contributed by atoms with Crippen molar-refractivity contribution in [3.05, 3.63) is 70.3 Å². The quantitative estimate of drug-likeness (QED) is 0.642. The molecular weight excluding hydrogens is 404 g/mol. The molecule has 5 nitrogen and oxygen atoms in total. The number of ether oxygens (including phenoxy) is 2. The monoisotopic (exact) mass is 436 g/mol. The van der Waals surface area contributed by atoms with Gasteiger partial charge >= 0.3 is 0 Å². The number of hydrogen-bond donors (Lipinski definition) is 3. The molecule has 32 heavy (non-hydrogen) atoms. The molecule has 2 aliphatic heterocycles. The molecule has 0 bridgehead atoms. The first kappa shape index (κ1) is 23.0. The number of benzene rings is 2. The average molecular weight is 437 g/mol. The molecule has 170 valence electrons. The molecule has 0 radical (unpaired) electrons. The number of hydrogen-bond acceptors (Lipinski definition) is 5. The van der Waals surface area contributed by atoms with Crippen LogP contribution in [0.3, 0.4) is 0 Å². The Labute approximate surface area is 190 Å². The van der Waals surface area contributed by atoms with Gasteiger partial charge in [-0.2, -0.15) is 0 Å². The molecule has 0 aliphatic carbocycles. The highest BCUT2D eigenvalue weighted by molar-refractivity contribution is 5.41. The minimum atomic E-state index is -0.946. The van der Waals surface area contributed by atoms with Crippen molar-refractivity contribution in [1.29, 1.82) is 0 Å². The van der Waals surface area contributed by atoms with E-state index in [4.69, 9.17) is 9.47 Å². The second kappa shape index (κ2) is 10.2. The molecular formula is C27H32O5. The van der Waals surface area contributed by atoms with Crippen molar-refractivity contribution in [3.63, 3.8) is 0 Å². The molecule has 4 rings (SSSR count). The van der Waals surface area contributed by atoms with Crippen LogP contribution in [-0.4, -0.2) is 52.9 Å². The molecule has 2 fully saturated rings. The van der Waals surface area contributed by atoms with Crippen LogP contribution in [0.2, 0.25) is 0 Å². The summed E-state index contributed by atoms with van der Waals surface area (Å²) in [4.78, 5) is 0. The summed E-state index contributed by atoms with van der Waals surface area (Å²) in [7, 11) is 0. The second-order valence-electron chi connectivity index (χ2n) is 9.01. The third kappa shape index (κ3) is 5.78. The van der Waals surface area contributed by atoms with E-state index in [-0.39, 0.29) is 18.8 Å². The van der Waals surface area contributed by atoms with Gasteiger partial charge in [-0.3, -0.25) is 0 Å². The molecule has 0 spiro atoms. The van der Waals surface area contributed by atoms with Crippen LogP contribution >= 0.6 is 0 Å². The van der Waals surface area contributed by atoms with Gasteiger partial charge in [0.15, 0.2) is 0 Å². The van der Waals surface area contributed by atoms with Gasteiger partial charge < -0.3 is 24.8 Å². The van der Waals surface area contributed by atoms with E-state index in [1.165, 1.54) is 16.7 Å². The van der Waals surface area contributed by atoms with Crippen molar-refractivity contribution in [3.8, 4) is 11.8 Å². The Morgan fingerprint density at radius 1 is 1.06 bits per heavy atom. The van der Waals surface area contributed by atoms with Crippen molar-refractivity contribution in [2.24, 2.45) is 0 Å². The van der Waals surface area contributed by atoms with Crippen molar-refractivity contribution in [2.45, 2.75) is 62.9 Å². The largest absolute Gasteiger partial charge is 0.394 e. The maximum absolute atomic E-state index is 10.5. The number of aliphatic hydroxyl groups excluding tert-OH is 2. The molecule has 3 N–H and O–H groups in total. The predicted molar refractivity (Wildman–Crippen MR) is 122 cm³/mol. The lowest BCUT2D eigenvalue weighted by Crippen LogP contribution is -2.34. The number of aryl methyl sites for hydroxylation is 1. The fourth-order valence-electron chi connectivity index (χ4n) is 4.35. The summed E-state index contributed by atoms with van der Waals surface area (Å²) < 4.78 is 11.3. The van der Waals surface area contributed by atoms with Crippen LogP contribution in [0.4, 0.5) is 0 Å². The smallest absolute Gasteiger partial charge is 0.130 e. The normalized spacial score (nSPS) is 25.1. The van der Waals surface area contributed by atoms with Crippen LogP contribution < -0.4 is 0 Å². The zero-order valence-corrected chi connectivity index (χ0v) is 18.6. The van der Waals surface area contributed by atoms with Crippen molar-refractivity contribution in [1.82, 2.24) is 0 Å². The Kier molecular flexibility index (Phi) is 7.30. The fourth-order valence-corrected chi connectivity index (χ4v) is 4.35. The third-order valence-electron chi connectivity index (χ3n) is 6.43. The summed E-state index contributed by atoms with van der Waals surface area (Å²) in [5.41, 5.74) is 4.57. The summed E-state index contributed by atoms with van der Waals surface area (Å²) in [5.74, 6) is 6.13. The summed E-state index contributed by atoms with van der Waals surface area (Å²) in [6.45, 7) is 3.12. The van der Waals surface area contributed by atoms with Crippen LogP contribution in [0, 0.1) is 18.8 Å². The summed E-state index contributed by atoms with van der Waals surface area (Å²) >= 11 is 0. The van der Waals surface area contributed by atoms with Crippen LogP contribution in [-0.2, 0) is 15.9 Å². The van der Waals surface area contributed by atoms with Crippen molar-refractivity contribution >= 4 is 0 Å². The van der Waals surface area contributed by atoms with E-state index in [1.54, 1.807) is 0 Å². The van der Waals surface area contributed by atoms with Gasteiger partial charge in [0.1, 0.15) is 5.60 Å².